The van der Waals surface area contributed by atoms with Gasteiger partial charge < -0.3 is 15.5 Å². The maximum atomic E-state index is 12.1. The van der Waals surface area contributed by atoms with Gasteiger partial charge in [-0.15, -0.1) is 0 Å². The molecule has 1 aromatic carbocycles. The van der Waals surface area contributed by atoms with E-state index in [1.165, 1.54) is 18.2 Å². The highest BCUT2D eigenvalue weighted by molar-refractivity contribution is 5.95. The first-order chi connectivity index (χ1) is 8.50. The second kappa shape index (κ2) is 5.11. The van der Waals surface area contributed by atoms with Gasteiger partial charge in [-0.2, -0.15) is 0 Å². The smallest absolute Gasteiger partial charge is 0.251 e. The topological polar surface area (TPSA) is 69.6 Å². The molecule has 3 N–H and O–H groups in total. The fourth-order valence-electron chi connectivity index (χ4n) is 2.41. The van der Waals surface area contributed by atoms with Gasteiger partial charge >= 0.3 is 0 Å². The number of benzene rings is 1. The molecule has 0 atom stereocenters. The normalized spacial score (nSPS) is 12.3. The van der Waals surface area contributed by atoms with Crippen molar-refractivity contribution in [3.8, 4) is 11.5 Å². The molecular weight excluding hydrogens is 242 g/mol. The molecular formula is C15H23NO3. The lowest BCUT2D eigenvalue weighted by Crippen LogP contribution is -2.45. The fourth-order valence-corrected chi connectivity index (χ4v) is 2.41. The molecule has 1 rings (SSSR count). The van der Waals surface area contributed by atoms with Gasteiger partial charge in [0.1, 0.15) is 0 Å². The summed E-state index contributed by atoms with van der Waals surface area (Å²) in [5.74, 6) is -0.781. The highest BCUT2D eigenvalue weighted by Gasteiger charge is 2.27. The zero-order chi connectivity index (χ0) is 14.8. The molecule has 0 aliphatic rings. The second-order valence-electron chi connectivity index (χ2n) is 6.78. The van der Waals surface area contributed by atoms with Crippen LogP contribution in [-0.4, -0.2) is 21.7 Å². The van der Waals surface area contributed by atoms with E-state index >= 15 is 0 Å². The Morgan fingerprint density at radius 3 is 2.16 bits per heavy atom. The van der Waals surface area contributed by atoms with Crippen LogP contribution in [0.25, 0.3) is 0 Å². The lowest BCUT2D eigenvalue weighted by atomic mass is 9.81. The van der Waals surface area contributed by atoms with Crippen LogP contribution in [0.3, 0.4) is 0 Å². The first-order valence-corrected chi connectivity index (χ1v) is 6.35. The second-order valence-corrected chi connectivity index (χ2v) is 6.78. The third-order valence-corrected chi connectivity index (χ3v) is 2.66. The number of hydrogen-bond donors (Lipinski definition) is 3. The summed E-state index contributed by atoms with van der Waals surface area (Å²) in [6.07, 6.45) is 0.829. The van der Waals surface area contributed by atoms with Gasteiger partial charge in [0, 0.05) is 11.1 Å². The summed E-state index contributed by atoms with van der Waals surface area (Å²) < 4.78 is 0. The number of rotatable bonds is 3. The lowest BCUT2D eigenvalue weighted by molar-refractivity contribution is 0.0891. The molecule has 1 amide bonds. The van der Waals surface area contributed by atoms with Crippen molar-refractivity contribution in [2.75, 3.05) is 0 Å². The molecule has 0 heterocycles. The van der Waals surface area contributed by atoms with Crippen LogP contribution >= 0.6 is 0 Å². The van der Waals surface area contributed by atoms with Crippen molar-refractivity contribution < 1.29 is 15.0 Å². The Labute approximate surface area is 114 Å². The molecule has 106 valence electrons. The van der Waals surface area contributed by atoms with Crippen LogP contribution in [0.2, 0.25) is 0 Å². The average molecular weight is 265 g/mol. The molecule has 0 spiro atoms. The van der Waals surface area contributed by atoms with Gasteiger partial charge in [0.25, 0.3) is 5.91 Å². The lowest BCUT2D eigenvalue weighted by Gasteiger charge is -2.33. The van der Waals surface area contributed by atoms with Gasteiger partial charge in [0.05, 0.1) is 0 Å². The molecule has 0 aromatic heterocycles. The number of carbonyl (C=O) groups is 1. The predicted octanol–water partition coefficient (Wildman–Crippen LogP) is 3.04. The number of phenolic OH excluding ortho intramolecular Hbond substituents is 2. The van der Waals surface area contributed by atoms with Crippen molar-refractivity contribution in [3.63, 3.8) is 0 Å². The number of amides is 1. The molecule has 4 nitrogen and oxygen atoms in total. The maximum Gasteiger partial charge on any atom is 0.251 e. The number of phenols is 2. The summed E-state index contributed by atoms with van der Waals surface area (Å²) in [6.45, 7) is 10.3. The standard InChI is InChI=1S/C15H23NO3/c1-14(2,3)9-15(4,5)16-13(19)10-6-7-11(17)12(18)8-10/h6-8,17-18H,9H2,1-5H3,(H,16,19). The third kappa shape index (κ3) is 4.81. The minimum absolute atomic E-state index is 0.105. The monoisotopic (exact) mass is 265 g/mol. The molecule has 0 saturated carbocycles. The van der Waals surface area contributed by atoms with E-state index in [9.17, 15) is 15.0 Å². The molecule has 19 heavy (non-hydrogen) atoms. The predicted molar refractivity (Wildman–Crippen MR) is 75.4 cm³/mol. The zero-order valence-electron chi connectivity index (χ0n) is 12.2. The van der Waals surface area contributed by atoms with Crippen molar-refractivity contribution in [1.29, 1.82) is 0 Å². The van der Waals surface area contributed by atoms with E-state index < -0.39 is 0 Å². The Balaban J connectivity index is 2.81. The summed E-state index contributed by atoms with van der Waals surface area (Å²) >= 11 is 0. The van der Waals surface area contributed by atoms with Crippen molar-refractivity contribution in [1.82, 2.24) is 5.32 Å². The number of carbonyl (C=O) groups excluding carboxylic acids is 1. The number of aromatic hydroxyl groups is 2. The molecule has 0 bridgehead atoms. The van der Waals surface area contributed by atoms with Gasteiger partial charge in [-0.25, -0.2) is 0 Å². The Kier molecular flexibility index (Phi) is 4.13. The first kappa shape index (κ1) is 15.3. The van der Waals surface area contributed by atoms with Gasteiger partial charge in [0.15, 0.2) is 11.5 Å². The van der Waals surface area contributed by atoms with Crippen molar-refractivity contribution in [2.45, 2.75) is 46.6 Å². The van der Waals surface area contributed by atoms with Crippen molar-refractivity contribution in [2.24, 2.45) is 5.41 Å². The van der Waals surface area contributed by atoms with Gasteiger partial charge in [-0.1, -0.05) is 20.8 Å². The van der Waals surface area contributed by atoms with Crippen LogP contribution in [0.15, 0.2) is 18.2 Å². The van der Waals surface area contributed by atoms with Crippen LogP contribution in [-0.2, 0) is 0 Å². The Morgan fingerprint density at radius 2 is 1.68 bits per heavy atom. The number of hydrogen-bond acceptors (Lipinski definition) is 3. The molecule has 0 unspecified atom stereocenters. The quantitative estimate of drug-likeness (QED) is 0.736. The van der Waals surface area contributed by atoms with E-state index in [1.54, 1.807) is 0 Å². The minimum Gasteiger partial charge on any atom is -0.504 e. The van der Waals surface area contributed by atoms with Gasteiger partial charge in [0.2, 0.25) is 0 Å². The largest absolute Gasteiger partial charge is 0.504 e. The fraction of sp³-hybridized carbons (Fsp3) is 0.533. The molecule has 0 aliphatic heterocycles. The van der Waals surface area contributed by atoms with Gasteiger partial charge in [-0.3, -0.25) is 4.79 Å². The Hall–Kier alpha value is -1.71. The third-order valence-electron chi connectivity index (χ3n) is 2.66. The van der Waals surface area contributed by atoms with Crippen LogP contribution in [0.1, 0.15) is 51.4 Å². The van der Waals surface area contributed by atoms with E-state index in [2.05, 4.69) is 26.1 Å². The van der Waals surface area contributed by atoms with E-state index in [1.807, 2.05) is 13.8 Å². The maximum absolute atomic E-state index is 12.1. The molecule has 1 aromatic rings. The molecule has 4 heteroatoms. The van der Waals surface area contributed by atoms with Crippen molar-refractivity contribution >= 4 is 5.91 Å². The summed E-state index contributed by atoms with van der Waals surface area (Å²) in [6, 6.07) is 4.05. The highest BCUT2D eigenvalue weighted by Crippen LogP contribution is 2.28. The SMILES string of the molecule is CC(C)(C)CC(C)(C)NC(=O)c1ccc(O)c(O)c1. The Morgan fingerprint density at radius 1 is 1.11 bits per heavy atom. The summed E-state index contributed by atoms with van der Waals surface area (Å²) in [5, 5.41) is 21.6. The van der Waals surface area contributed by atoms with Gasteiger partial charge in [-0.05, 0) is 43.9 Å². The summed E-state index contributed by atoms with van der Waals surface area (Å²) in [5.41, 5.74) is 0.0914. The van der Waals surface area contributed by atoms with E-state index in [-0.39, 0.29) is 28.4 Å². The minimum atomic E-state index is -0.344. The van der Waals surface area contributed by atoms with Crippen LogP contribution in [0.4, 0.5) is 0 Å². The van der Waals surface area contributed by atoms with Crippen LogP contribution in [0, 0.1) is 5.41 Å². The highest BCUT2D eigenvalue weighted by atomic mass is 16.3. The van der Waals surface area contributed by atoms with Crippen LogP contribution in [0.5, 0.6) is 11.5 Å². The molecule has 0 aliphatic carbocycles. The summed E-state index contributed by atoms with van der Waals surface area (Å²) in [4.78, 5) is 12.1. The molecule has 0 saturated heterocycles. The zero-order valence-corrected chi connectivity index (χ0v) is 12.2. The molecule has 0 radical (unpaired) electrons. The first-order valence-electron chi connectivity index (χ1n) is 6.35. The van der Waals surface area contributed by atoms with E-state index in [0.717, 1.165) is 6.42 Å². The Bertz CT molecular complexity index is 473. The van der Waals surface area contributed by atoms with Crippen LogP contribution < -0.4 is 5.32 Å². The van der Waals surface area contributed by atoms with Crippen molar-refractivity contribution in [3.05, 3.63) is 23.8 Å². The number of nitrogens with one attached hydrogen (secondary N) is 1. The summed E-state index contributed by atoms with van der Waals surface area (Å²) in [7, 11) is 0. The van der Waals surface area contributed by atoms with E-state index in [0.29, 0.717) is 5.56 Å². The van der Waals surface area contributed by atoms with E-state index in [4.69, 9.17) is 0 Å². The molecule has 0 fully saturated rings. The average Bonchev–Trinajstić information content (AvgIpc) is 2.17.